The van der Waals surface area contributed by atoms with Gasteiger partial charge in [0.05, 0.1) is 6.20 Å². The molecule has 0 fully saturated rings. The summed E-state index contributed by atoms with van der Waals surface area (Å²) in [6.07, 6.45) is 7.09. The first kappa shape index (κ1) is 11.4. The molecule has 2 rings (SSSR count). The molecular weight excluding hydrogens is 202 g/mol. The van der Waals surface area contributed by atoms with Crippen molar-refractivity contribution in [3.63, 3.8) is 0 Å². The molecule has 1 aliphatic rings. The van der Waals surface area contributed by atoms with Crippen LogP contribution in [0.1, 0.15) is 30.6 Å². The zero-order chi connectivity index (χ0) is 11.5. The SMILES string of the molecule is Cc1[nH]ncc1C(C)N[C@@H]1C=C[C@H](CO)C1. The third-order valence-corrected chi connectivity index (χ3v) is 3.21. The molecule has 16 heavy (non-hydrogen) atoms. The third-order valence-electron chi connectivity index (χ3n) is 3.21. The summed E-state index contributed by atoms with van der Waals surface area (Å²) in [5.41, 5.74) is 2.32. The largest absolute Gasteiger partial charge is 0.396 e. The van der Waals surface area contributed by atoms with E-state index in [0.717, 1.165) is 12.1 Å². The molecule has 1 aromatic heterocycles. The average Bonchev–Trinajstić information content (AvgIpc) is 2.86. The van der Waals surface area contributed by atoms with E-state index in [-0.39, 0.29) is 12.6 Å². The molecule has 1 unspecified atom stereocenters. The zero-order valence-corrected chi connectivity index (χ0v) is 9.77. The van der Waals surface area contributed by atoms with E-state index in [0.29, 0.717) is 12.0 Å². The molecule has 3 atom stereocenters. The second-order valence-electron chi connectivity index (χ2n) is 4.51. The van der Waals surface area contributed by atoms with Gasteiger partial charge in [-0.3, -0.25) is 5.10 Å². The summed E-state index contributed by atoms with van der Waals surface area (Å²) in [6.45, 7) is 4.41. The van der Waals surface area contributed by atoms with Crippen LogP contribution in [0.15, 0.2) is 18.3 Å². The quantitative estimate of drug-likeness (QED) is 0.672. The minimum atomic E-state index is 0.244. The zero-order valence-electron chi connectivity index (χ0n) is 9.77. The molecule has 88 valence electrons. The Balaban J connectivity index is 1.92. The lowest BCUT2D eigenvalue weighted by atomic mass is 10.1. The van der Waals surface area contributed by atoms with Gasteiger partial charge < -0.3 is 10.4 Å². The molecular formula is C12H19N3O. The predicted octanol–water partition coefficient (Wildman–Crippen LogP) is 1.31. The second kappa shape index (κ2) is 4.80. The first-order valence-electron chi connectivity index (χ1n) is 5.75. The van der Waals surface area contributed by atoms with Crippen molar-refractivity contribution in [1.82, 2.24) is 15.5 Å². The van der Waals surface area contributed by atoms with Crippen molar-refractivity contribution in [3.8, 4) is 0 Å². The van der Waals surface area contributed by atoms with E-state index in [9.17, 15) is 0 Å². The summed E-state index contributed by atoms with van der Waals surface area (Å²) in [5.74, 6) is 0.315. The predicted molar refractivity (Wildman–Crippen MR) is 63.0 cm³/mol. The number of nitrogens with zero attached hydrogens (tertiary/aromatic N) is 1. The Hall–Kier alpha value is -1.13. The summed E-state index contributed by atoms with van der Waals surface area (Å²) in [6, 6.07) is 0.646. The monoisotopic (exact) mass is 221 g/mol. The molecule has 4 nitrogen and oxygen atoms in total. The highest BCUT2D eigenvalue weighted by molar-refractivity contribution is 5.19. The molecule has 0 aromatic carbocycles. The van der Waals surface area contributed by atoms with Crippen LogP contribution in [0.3, 0.4) is 0 Å². The van der Waals surface area contributed by atoms with Crippen LogP contribution in [-0.4, -0.2) is 28.0 Å². The number of hydrogen-bond donors (Lipinski definition) is 3. The van der Waals surface area contributed by atoms with Crippen molar-refractivity contribution >= 4 is 0 Å². The van der Waals surface area contributed by atoms with E-state index >= 15 is 0 Å². The molecule has 0 amide bonds. The van der Waals surface area contributed by atoms with Gasteiger partial charge in [0.1, 0.15) is 0 Å². The normalized spacial score (nSPS) is 26.2. The van der Waals surface area contributed by atoms with Gasteiger partial charge in [-0.1, -0.05) is 12.2 Å². The highest BCUT2D eigenvalue weighted by Crippen LogP contribution is 2.21. The topological polar surface area (TPSA) is 60.9 Å². The van der Waals surface area contributed by atoms with E-state index in [4.69, 9.17) is 5.11 Å². The summed E-state index contributed by atoms with van der Waals surface area (Å²) in [4.78, 5) is 0. The van der Waals surface area contributed by atoms with Crippen LogP contribution in [-0.2, 0) is 0 Å². The molecule has 4 heteroatoms. The third kappa shape index (κ3) is 2.33. The van der Waals surface area contributed by atoms with Crippen LogP contribution >= 0.6 is 0 Å². The summed E-state index contributed by atoms with van der Waals surface area (Å²) in [5, 5.41) is 19.6. The summed E-state index contributed by atoms with van der Waals surface area (Å²) < 4.78 is 0. The molecule has 0 aliphatic heterocycles. The Kier molecular flexibility index (Phi) is 3.41. The van der Waals surface area contributed by atoms with Crippen LogP contribution in [0.4, 0.5) is 0 Å². The van der Waals surface area contributed by atoms with Gasteiger partial charge in [-0.25, -0.2) is 0 Å². The Bertz CT molecular complexity index is 372. The lowest BCUT2D eigenvalue weighted by molar-refractivity contribution is 0.245. The standard InChI is InChI=1S/C12H19N3O/c1-8(12-6-13-15-9(12)2)14-11-4-3-10(5-11)7-16/h3-4,6,8,10-11,14,16H,5,7H2,1-2H3,(H,13,15)/t8?,10-,11+/m0/s1. The lowest BCUT2D eigenvalue weighted by Gasteiger charge is -2.18. The average molecular weight is 221 g/mol. The van der Waals surface area contributed by atoms with Gasteiger partial charge in [0.25, 0.3) is 0 Å². The first-order chi connectivity index (χ1) is 7.70. The van der Waals surface area contributed by atoms with Gasteiger partial charge in [-0.05, 0) is 20.3 Å². The maximum absolute atomic E-state index is 9.05. The molecule has 0 spiro atoms. The maximum atomic E-state index is 9.05. The Labute approximate surface area is 95.8 Å². The molecule has 0 saturated heterocycles. The van der Waals surface area contributed by atoms with Crippen LogP contribution in [0.2, 0.25) is 0 Å². The van der Waals surface area contributed by atoms with E-state index in [2.05, 4.69) is 34.6 Å². The van der Waals surface area contributed by atoms with Crippen molar-refractivity contribution in [2.75, 3.05) is 6.61 Å². The molecule has 0 radical (unpaired) electrons. The number of aromatic nitrogens is 2. The van der Waals surface area contributed by atoms with Crippen LogP contribution in [0, 0.1) is 12.8 Å². The minimum absolute atomic E-state index is 0.244. The van der Waals surface area contributed by atoms with Gasteiger partial charge in [0.2, 0.25) is 0 Å². The number of aryl methyl sites for hydroxylation is 1. The van der Waals surface area contributed by atoms with Gasteiger partial charge >= 0.3 is 0 Å². The number of aromatic amines is 1. The fourth-order valence-electron chi connectivity index (χ4n) is 2.24. The van der Waals surface area contributed by atoms with E-state index in [1.165, 1.54) is 5.56 Å². The first-order valence-corrected chi connectivity index (χ1v) is 5.75. The molecule has 1 heterocycles. The number of aliphatic hydroxyl groups excluding tert-OH is 1. The second-order valence-corrected chi connectivity index (χ2v) is 4.51. The van der Waals surface area contributed by atoms with Crippen LogP contribution in [0.5, 0.6) is 0 Å². The van der Waals surface area contributed by atoms with E-state index in [1.807, 2.05) is 13.1 Å². The minimum Gasteiger partial charge on any atom is -0.396 e. The molecule has 3 N–H and O–H groups in total. The summed E-state index contributed by atoms with van der Waals surface area (Å²) >= 11 is 0. The smallest absolute Gasteiger partial charge is 0.0537 e. The number of aliphatic hydroxyl groups is 1. The highest BCUT2D eigenvalue weighted by Gasteiger charge is 2.20. The Morgan fingerprint density at radius 1 is 1.62 bits per heavy atom. The Morgan fingerprint density at radius 2 is 2.44 bits per heavy atom. The van der Waals surface area contributed by atoms with Crippen molar-refractivity contribution in [2.24, 2.45) is 5.92 Å². The van der Waals surface area contributed by atoms with Crippen LogP contribution in [0.25, 0.3) is 0 Å². The number of hydrogen-bond acceptors (Lipinski definition) is 3. The van der Waals surface area contributed by atoms with Gasteiger partial charge in [-0.15, -0.1) is 0 Å². The molecule has 0 saturated carbocycles. The molecule has 1 aromatic rings. The van der Waals surface area contributed by atoms with Gasteiger partial charge in [0.15, 0.2) is 0 Å². The van der Waals surface area contributed by atoms with Gasteiger partial charge in [-0.2, -0.15) is 5.10 Å². The van der Waals surface area contributed by atoms with Crippen molar-refractivity contribution < 1.29 is 5.11 Å². The molecule has 1 aliphatic carbocycles. The maximum Gasteiger partial charge on any atom is 0.0537 e. The highest BCUT2D eigenvalue weighted by atomic mass is 16.3. The summed E-state index contributed by atoms with van der Waals surface area (Å²) in [7, 11) is 0. The van der Waals surface area contributed by atoms with E-state index < -0.39 is 0 Å². The van der Waals surface area contributed by atoms with Gasteiger partial charge in [0, 0.05) is 35.9 Å². The lowest BCUT2D eigenvalue weighted by Crippen LogP contribution is -2.29. The number of H-pyrrole nitrogens is 1. The molecule has 0 bridgehead atoms. The van der Waals surface area contributed by atoms with E-state index in [1.54, 1.807) is 0 Å². The van der Waals surface area contributed by atoms with Crippen molar-refractivity contribution in [2.45, 2.75) is 32.4 Å². The van der Waals surface area contributed by atoms with Crippen molar-refractivity contribution in [1.29, 1.82) is 0 Å². The fourth-order valence-corrected chi connectivity index (χ4v) is 2.24. The van der Waals surface area contributed by atoms with Crippen LogP contribution < -0.4 is 5.32 Å². The fraction of sp³-hybridized carbons (Fsp3) is 0.583. The van der Waals surface area contributed by atoms with Crippen molar-refractivity contribution in [3.05, 3.63) is 29.6 Å². The number of nitrogens with one attached hydrogen (secondary N) is 2. The Morgan fingerprint density at radius 3 is 3.00 bits per heavy atom. The number of rotatable bonds is 4.